The summed E-state index contributed by atoms with van der Waals surface area (Å²) in [4.78, 5) is 25.0. The van der Waals surface area contributed by atoms with E-state index in [1.54, 1.807) is 17.2 Å². The Labute approximate surface area is 185 Å². The smallest absolute Gasteiger partial charge is 0.290 e. The van der Waals surface area contributed by atoms with Crippen LogP contribution in [0.2, 0.25) is 0 Å². The molecule has 1 amide bonds. The van der Waals surface area contributed by atoms with E-state index < -0.39 is 18.0 Å². The summed E-state index contributed by atoms with van der Waals surface area (Å²) in [5.74, 6) is -2.25. The van der Waals surface area contributed by atoms with Crippen molar-refractivity contribution in [1.82, 2.24) is 14.9 Å². The largest absolute Gasteiger partial charge is 0.481 e. The lowest BCUT2D eigenvalue weighted by Gasteiger charge is -2.42. The van der Waals surface area contributed by atoms with Gasteiger partial charge in [0.25, 0.3) is 5.92 Å². The first-order valence-corrected chi connectivity index (χ1v) is 10.6. The van der Waals surface area contributed by atoms with Gasteiger partial charge in [-0.1, -0.05) is 13.0 Å². The minimum Gasteiger partial charge on any atom is -0.481 e. The Morgan fingerprint density at radius 1 is 1.31 bits per heavy atom. The number of nitriles is 1. The maximum absolute atomic E-state index is 14.6. The number of hydrogen-bond donors (Lipinski definition) is 0. The predicted octanol–water partition coefficient (Wildman–Crippen LogP) is 3.35. The Balaban J connectivity index is 1.41. The van der Waals surface area contributed by atoms with Crippen molar-refractivity contribution in [1.29, 1.82) is 5.26 Å². The Hall–Kier alpha value is -3.28. The number of amides is 1. The summed E-state index contributed by atoms with van der Waals surface area (Å²) in [6.45, 7) is 3.09. The van der Waals surface area contributed by atoms with Crippen LogP contribution in [0.5, 0.6) is 5.88 Å². The molecule has 2 aromatic heterocycles. The van der Waals surface area contributed by atoms with E-state index in [4.69, 9.17) is 10.00 Å². The number of carbonyl (C=O) groups is 1. The number of hydrogen-bond acceptors (Lipinski definition) is 6. The van der Waals surface area contributed by atoms with Crippen LogP contribution in [-0.4, -0.2) is 53.1 Å². The van der Waals surface area contributed by atoms with Crippen molar-refractivity contribution in [2.24, 2.45) is 5.92 Å². The summed E-state index contributed by atoms with van der Waals surface area (Å²) in [5.41, 5.74) is 0.101. The zero-order chi connectivity index (χ0) is 22.9. The highest BCUT2D eigenvalue weighted by Crippen LogP contribution is 2.38. The van der Waals surface area contributed by atoms with Crippen molar-refractivity contribution in [2.45, 2.75) is 44.2 Å². The number of methoxy groups -OCH3 is 1. The maximum atomic E-state index is 14.6. The highest BCUT2D eigenvalue weighted by molar-refractivity contribution is 5.77. The van der Waals surface area contributed by atoms with Crippen molar-refractivity contribution in [3.8, 4) is 11.9 Å². The molecule has 2 aromatic rings. The molecular weight excluding hydrogens is 416 g/mol. The second kappa shape index (κ2) is 8.69. The van der Waals surface area contributed by atoms with Crippen molar-refractivity contribution in [3.05, 3.63) is 47.8 Å². The van der Waals surface area contributed by atoms with Gasteiger partial charge in [-0.25, -0.2) is 9.97 Å². The van der Waals surface area contributed by atoms with Crippen LogP contribution >= 0.6 is 0 Å². The number of fused-ring (bicyclic) bond motifs is 2. The van der Waals surface area contributed by atoms with Gasteiger partial charge in [0, 0.05) is 44.2 Å². The maximum Gasteiger partial charge on any atom is 0.290 e. The van der Waals surface area contributed by atoms with Crippen LogP contribution in [0.25, 0.3) is 0 Å². The van der Waals surface area contributed by atoms with E-state index in [0.29, 0.717) is 24.6 Å². The standard InChI is InChI=1S/C23H25F2N5O2/c1-15-10-17-13-29(14-18(15)30(17)20-7-6-16(11-26)12-27-20)22(31)8-9-23(24,25)19-4-3-5-21(28-19)32-2/h3-7,12,15,17-18H,8-10,13-14H2,1-2H3/t15-,17?,18?/m0/s1. The summed E-state index contributed by atoms with van der Waals surface area (Å²) in [7, 11) is 1.37. The molecule has 2 aliphatic rings. The van der Waals surface area contributed by atoms with Gasteiger partial charge in [0.2, 0.25) is 11.8 Å². The van der Waals surface area contributed by atoms with E-state index in [-0.39, 0.29) is 30.3 Å². The number of anilines is 1. The number of halogens is 2. The molecule has 2 saturated heterocycles. The lowest BCUT2D eigenvalue weighted by atomic mass is 10.0. The van der Waals surface area contributed by atoms with Crippen LogP contribution in [0.1, 0.15) is 37.4 Å². The molecule has 2 fully saturated rings. The minimum absolute atomic E-state index is 0.0682. The van der Waals surface area contributed by atoms with E-state index in [1.165, 1.54) is 25.3 Å². The SMILES string of the molecule is COc1cccc(C(F)(F)CCC(=O)N2CC3C[C@H](C)C(C2)N3c2ccc(C#N)cn2)n1. The van der Waals surface area contributed by atoms with E-state index in [9.17, 15) is 13.6 Å². The molecule has 32 heavy (non-hydrogen) atoms. The molecule has 2 unspecified atom stereocenters. The number of likely N-dealkylation sites (tertiary alicyclic amines) is 1. The number of carbonyl (C=O) groups excluding carboxylic acids is 1. The number of alkyl halides is 2. The zero-order valence-electron chi connectivity index (χ0n) is 18.0. The molecular formula is C23H25F2N5O2. The summed E-state index contributed by atoms with van der Waals surface area (Å²) in [6.07, 6.45) is 1.59. The van der Waals surface area contributed by atoms with E-state index in [2.05, 4.69) is 27.9 Å². The van der Waals surface area contributed by atoms with Gasteiger partial charge in [0.15, 0.2) is 0 Å². The van der Waals surface area contributed by atoms with Crippen LogP contribution in [0.3, 0.4) is 0 Å². The molecule has 0 aromatic carbocycles. The summed E-state index contributed by atoms with van der Waals surface area (Å²) < 4.78 is 34.2. The molecule has 7 nitrogen and oxygen atoms in total. The van der Waals surface area contributed by atoms with Crippen molar-refractivity contribution in [3.63, 3.8) is 0 Å². The van der Waals surface area contributed by atoms with Gasteiger partial charge in [-0.05, 0) is 30.5 Å². The highest BCUT2D eigenvalue weighted by atomic mass is 19.3. The lowest BCUT2D eigenvalue weighted by Crippen LogP contribution is -2.56. The Bertz CT molecular complexity index is 1020. The summed E-state index contributed by atoms with van der Waals surface area (Å²) in [6, 6.07) is 9.99. The third-order valence-corrected chi connectivity index (χ3v) is 6.34. The molecule has 0 aliphatic carbocycles. The summed E-state index contributed by atoms with van der Waals surface area (Å²) >= 11 is 0. The first-order chi connectivity index (χ1) is 15.3. The van der Waals surface area contributed by atoms with Crippen molar-refractivity contribution < 1.29 is 18.3 Å². The molecule has 0 N–H and O–H groups in total. The van der Waals surface area contributed by atoms with Gasteiger partial charge in [-0.15, -0.1) is 0 Å². The number of ether oxygens (including phenoxy) is 1. The molecule has 0 radical (unpaired) electrons. The molecule has 4 rings (SSSR count). The lowest BCUT2D eigenvalue weighted by molar-refractivity contribution is -0.134. The van der Waals surface area contributed by atoms with Crippen molar-refractivity contribution >= 4 is 11.7 Å². The fourth-order valence-corrected chi connectivity index (χ4v) is 4.68. The summed E-state index contributed by atoms with van der Waals surface area (Å²) in [5, 5.41) is 8.99. The van der Waals surface area contributed by atoms with E-state index >= 15 is 0 Å². The molecule has 4 heterocycles. The van der Waals surface area contributed by atoms with Crippen molar-refractivity contribution in [2.75, 3.05) is 25.1 Å². The number of aromatic nitrogens is 2. The second-order valence-electron chi connectivity index (χ2n) is 8.43. The number of pyridine rings is 2. The molecule has 2 bridgehead atoms. The first kappa shape index (κ1) is 21.9. The molecule has 2 aliphatic heterocycles. The van der Waals surface area contributed by atoms with Crippen LogP contribution in [0.4, 0.5) is 14.6 Å². The van der Waals surface area contributed by atoms with Gasteiger partial charge in [-0.2, -0.15) is 14.0 Å². The van der Waals surface area contributed by atoms with Gasteiger partial charge >= 0.3 is 0 Å². The molecule has 9 heteroatoms. The van der Waals surface area contributed by atoms with Crippen LogP contribution < -0.4 is 9.64 Å². The fourth-order valence-electron chi connectivity index (χ4n) is 4.68. The average molecular weight is 441 g/mol. The molecule has 0 spiro atoms. The number of rotatable bonds is 6. The topological polar surface area (TPSA) is 82.4 Å². The third-order valence-electron chi connectivity index (χ3n) is 6.34. The predicted molar refractivity (Wildman–Crippen MR) is 113 cm³/mol. The minimum atomic E-state index is -3.22. The van der Waals surface area contributed by atoms with E-state index in [1.807, 2.05) is 6.07 Å². The van der Waals surface area contributed by atoms with Gasteiger partial charge in [-0.3, -0.25) is 4.79 Å². The highest BCUT2D eigenvalue weighted by Gasteiger charge is 2.46. The van der Waals surface area contributed by atoms with Gasteiger partial charge in [0.1, 0.15) is 17.6 Å². The fraction of sp³-hybridized carbons (Fsp3) is 0.478. The normalized spacial score (nSPS) is 22.5. The van der Waals surface area contributed by atoms with Crippen LogP contribution in [-0.2, 0) is 10.7 Å². The Kier molecular flexibility index (Phi) is 5.96. The number of piperazine rings is 1. The van der Waals surface area contributed by atoms with Crippen LogP contribution in [0.15, 0.2) is 36.5 Å². The first-order valence-electron chi connectivity index (χ1n) is 10.6. The molecule has 0 saturated carbocycles. The zero-order valence-corrected chi connectivity index (χ0v) is 18.0. The number of nitrogens with zero attached hydrogens (tertiary/aromatic N) is 5. The Morgan fingerprint density at radius 3 is 2.78 bits per heavy atom. The Morgan fingerprint density at radius 2 is 2.12 bits per heavy atom. The van der Waals surface area contributed by atoms with Gasteiger partial charge in [0.05, 0.1) is 18.7 Å². The quantitative estimate of drug-likeness (QED) is 0.684. The average Bonchev–Trinajstić information content (AvgIpc) is 3.01. The van der Waals surface area contributed by atoms with Crippen LogP contribution in [0, 0.1) is 17.2 Å². The second-order valence-corrected chi connectivity index (χ2v) is 8.43. The monoisotopic (exact) mass is 441 g/mol. The van der Waals surface area contributed by atoms with Gasteiger partial charge < -0.3 is 14.5 Å². The van der Waals surface area contributed by atoms with E-state index in [0.717, 1.165) is 12.2 Å². The third kappa shape index (κ3) is 4.22. The molecule has 168 valence electrons. The molecule has 3 atom stereocenters.